The minimum absolute atomic E-state index is 0.104. The van der Waals surface area contributed by atoms with Gasteiger partial charge in [0.25, 0.3) is 0 Å². The molecule has 4 nitrogen and oxygen atoms in total. The Morgan fingerprint density at radius 3 is 3.00 bits per heavy atom. The minimum atomic E-state index is 0.104. The van der Waals surface area contributed by atoms with Crippen molar-refractivity contribution in [2.24, 2.45) is 0 Å². The van der Waals surface area contributed by atoms with Crippen molar-refractivity contribution in [2.75, 3.05) is 18.8 Å². The molecule has 2 rings (SSSR count). The van der Waals surface area contributed by atoms with Crippen LogP contribution in [0, 0.1) is 0 Å². The summed E-state index contributed by atoms with van der Waals surface area (Å²) < 4.78 is 1.08. The first-order valence-electron chi connectivity index (χ1n) is 7.02. The monoisotopic (exact) mass is 313 g/mol. The molecule has 0 saturated carbocycles. The van der Waals surface area contributed by atoms with Crippen LogP contribution in [0.2, 0.25) is 0 Å². The molecule has 0 radical (unpaired) electrons. The first-order chi connectivity index (χ1) is 9.46. The predicted octanol–water partition coefficient (Wildman–Crippen LogP) is 2.61. The summed E-state index contributed by atoms with van der Waals surface area (Å²) in [6.45, 7) is 8.18. The van der Waals surface area contributed by atoms with Gasteiger partial charge in [0.2, 0.25) is 5.91 Å². The van der Waals surface area contributed by atoms with Gasteiger partial charge in [-0.05, 0) is 27.2 Å². The molecule has 1 aliphatic heterocycles. The van der Waals surface area contributed by atoms with Crippen molar-refractivity contribution >= 4 is 29.0 Å². The maximum atomic E-state index is 12.0. The molecule has 1 amide bonds. The van der Waals surface area contributed by atoms with Gasteiger partial charge < -0.3 is 10.2 Å². The number of nitrogens with one attached hydrogen (secondary N) is 1. The molecule has 6 heteroatoms. The number of thiazole rings is 1. The van der Waals surface area contributed by atoms with E-state index >= 15 is 0 Å². The summed E-state index contributed by atoms with van der Waals surface area (Å²) in [5, 5.41) is 5.49. The van der Waals surface area contributed by atoms with Crippen LogP contribution in [0.1, 0.15) is 33.6 Å². The molecule has 1 aromatic heterocycles. The van der Waals surface area contributed by atoms with Gasteiger partial charge in [-0.15, -0.1) is 11.3 Å². The van der Waals surface area contributed by atoms with Crippen LogP contribution < -0.4 is 5.32 Å². The zero-order valence-corrected chi connectivity index (χ0v) is 14.0. The van der Waals surface area contributed by atoms with Gasteiger partial charge in [-0.3, -0.25) is 4.79 Å². The molecule has 0 unspecified atom stereocenters. The number of rotatable bonds is 6. The molecule has 0 bridgehead atoms. The number of hydrogen-bond donors (Lipinski definition) is 1. The van der Waals surface area contributed by atoms with Crippen LogP contribution in [0.5, 0.6) is 0 Å². The van der Waals surface area contributed by atoms with E-state index in [9.17, 15) is 4.79 Å². The second kappa shape index (κ2) is 6.91. The molecule has 0 aromatic carbocycles. The molecule has 0 spiro atoms. The maximum Gasteiger partial charge on any atom is 0.222 e. The van der Waals surface area contributed by atoms with E-state index in [1.807, 2.05) is 16.5 Å². The number of thioether (sulfide) groups is 1. The number of likely N-dealkylation sites (tertiary alicyclic amines) is 1. The van der Waals surface area contributed by atoms with E-state index in [1.54, 1.807) is 23.1 Å². The van der Waals surface area contributed by atoms with Crippen LogP contribution >= 0.6 is 23.1 Å². The normalized spacial score (nSPS) is 19.9. The molecule has 1 atom stereocenters. The van der Waals surface area contributed by atoms with E-state index in [0.29, 0.717) is 18.4 Å². The van der Waals surface area contributed by atoms with E-state index in [4.69, 9.17) is 0 Å². The number of amides is 1. The summed E-state index contributed by atoms with van der Waals surface area (Å²) in [5.41, 5.74) is 0.104. The zero-order chi connectivity index (χ0) is 14.6. The predicted molar refractivity (Wildman–Crippen MR) is 85.3 cm³/mol. The minimum Gasteiger partial charge on any atom is -0.338 e. The third kappa shape index (κ3) is 4.75. The highest BCUT2D eigenvalue weighted by molar-refractivity contribution is 8.01. The second-order valence-electron chi connectivity index (χ2n) is 6.06. The van der Waals surface area contributed by atoms with Crippen LogP contribution in [-0.4, -0.2) is 46.2 Å². The van der Waals surface area contributed by atoms with Crippen molar-refractivity contribution in [1.82, 2.24) is 15.2 Å². The molecular formula is C14H23N3OS2. The van der Waals surface area contributed by atoms with Crippen molar-refractivity contribution < 1.29 is 4.79 Å². The van der Waals surface area contributed by atoms with Gasteiger partial charge in [-0.25, -0.2) is 4.98 Å². The van der Waals surface area contributed by atoms with Crippen molar-refractivity contribution in [1.29, 1.82) is 0 Å². The molecule has 1 fully saturated rings. The molecular weight excluding hydrogens is 290 g/mol. The molecule has 1 aromatic rings. The van der Waals surface area contributed by atoms with Crippen molar-refractivity contribution in [3.05, 3.63) is 11.6 Å². The Balaban J connectivity index is 1.79. The third-order valence-corrected chi connectivity index (χ3v) is 5.23. The lowest BCUT2D eigenvalue weighted by atomic mass is 10.1. The number of carbonyl (C=O) groups is 1. The van der Waals surface area contributed by atoms with Crippen LogP contribution in [0.15, 0.2) is 15.9 Å². The summed E-state index contributed by atoms with van der Waals surface area (Å²) >= 11 is 3.39. The topological polar surface area (TPSA) is 45.2 Å². The fourth-order valence-electron chi connectivity index (χ4n) is 2.25. The van der Waals surface area contributed by atoms with Crippen LogP contribution in [-0.2, 0) is 4.79 Å². The second-order valence-corrected chi connectivity index (χ2v) is 8.29. The first-order valence-corrected chi connectivity index (χ1v) is 8.89. The van der Waals surface area contributed by atoms with E-state index in [2.05, 4.69) is 31.1 Å². The number of aromatic nitrogens is 1. The highest BCUT2D eigenvalue weighted by atomic mass is 32.2. The van der Waals surface area contributed by atoms with Crippen molar-refractivity contribution in [3.63, 3.8) is 0 Å². The van der Waals surface area contributed by atoms with Crippen LogP contribution in [0.3, 0.4) is 0 Å². The molecule has 112 valence electrons. The molecule has 20 heavy (non-hydrogen) atoms. The summed E-state index contributed by atoms with van der Waals surface area (Å²) in [4.78, 5) is 18.3. The van der Waals surface area contributed by atoms with Gasteiger partial charge in [-0.2, -0.15) is 0 Å². The Bertz CT molecular complexity index is 428. The molecule has 1 aliphatic rings. The van der Waals surface area contributed by atoms with Gasteiger partial charge in [0, 0.05) is 48.4 Å². The highest BCUT2D eigenvalue weighted by Crippen LogP contribution is 2.23. The van der Waals surface area contributed by atoms with Gasteiger partial charge >= 0.3 is 0 Å². The summed E-state index contributed by atoms with van der Waals surface area (Å²) in [6, 6.07) is 0.346. The SMILES string of the molecule is CC(C)(C)NC[C@H]1CCC(=O)N1CCSc1nccs1. The van der Waals surface area contributed by atoms with E-state index in [-0.39, 0.29) is 5.54 Å². The van der Waals surface area contributed by atoms with E-state index < -0.39 is 0 Å². The lowest BCUT2D eigenvalue weighted by Gasteiger charge is -2.29. The lowest BCUT2D eigenvalue weighted by Crippen LogP contribution is -2.46. The zero-order valence-electron chi connectivity index (χ0n) is 12.4. The largest absolute Gasteiger partial charge is 0.338 e. The van der Waals surface area contributed by atoms with Gasteiger partial charge in [0.05, 0.1) is 0 Å². The standard InChI is InChI=1S/C14H23N3OS2/c1-14(2,3)16-10-11-4-5-12(18)17(11)7-9-20-13-15-6-8-19-13/h6,8,11,16H,4-5,7,9-10H2,1-3H3/t11-/m1/s1. The van der Waals surface area contributed by atoms with Gasteiger partial charge in [-0.1, -0.05) is 11.8 Å². The Hall–Kier alpha value is -0.590. The Morgan fingerprint density at radius 2 is 2.35 bits per heavy atom. The number of carbonyl (C=O) groups excluding carboxylic acids is 1. The Morgan fingerprint density at radius 1 is 1.55 bits per heavy atom. The Kier molecular flexibility index (Phi) is 5.46. The van der Waals surface area contributed by atoms with Gasteiger partial charge in [0.15, 0.2) is 0 Å². The average Bonchev–Trinajstić information content (AvgIpc) is 2.98. The fourth-order valence-corrected chi connectivity index (χ4v) is 3.90. The lowest BCUT2D eigenvalue weighted by molar-refractivity contribution is -0.128. The van der Waals surface area contributed by atoms with Crippen molar-refractivity contribution in [2.45, 2.75) is 49.5 Å². The summed E-state index contributed by atoms with van der Waals surface area (Å²) in [7, 11) is 0. The highest BCUT2D eigenvalue weighted by Gasteiger charge is 2.30. The van der Waals surface area contributed by atoms with Crippen LogP contribution in [0.4, 0.5) is 0 Å². The first kappa shape index (κ1) is 15.8. The fraction of sp³-hybridized carbons (Fsp3) is 0.714. The quantitative estimate of drug-likeness (QED) is 0.820. The average molecular weight is 313 g/mol. The third-order valence-electron chi connectivity index (χ3n) is 3.29. The van der Waals surface area contributed by atoms with E-state index in [0.717, 1.165) is 29.6 Å². The number of nitrogens with zero attached hydrogens (tertiary/aromatic N) is 2. The Labute approximate surface area is 129 Å². The summed E-state index contributed by atoms with van der Waals surface area (Å²) in [6.07, 6.45) is 3.49. The van der Waals surface area contributed by atoms with Crippen LogP contribution in [0.25, 0.3) is 0 Å². The molecule has 2 heterocycles. The molecule has 0 aliphatic carbocycles. The molecule has 1 saturated heterocycles. The number of hydrogen-bond acceptors (Lipinski definition) is 5. The van der Waals surface area contributed by atoms with Crippen molar-refractivity contribution in [3.8, 4) is 0 Å². The summed E-state index contributed by atoms with van der Waals surface area (Å²) in [5.74, 6) is 1.22. The van der Waals surface area contributed by atoms with Gasteiger partial charge in [0.1, 0.15) is 4.34 Å². The maximum absolute atomic E-state index is 12.0. The smallest absolute Gasteiger partial charge is 0.222 e. The molecule has 1 N–H and O–H groups in total. The van der Waals surface area contributed by atoms with E-state index in [1.165, 1.54) is 0 Å².